The zero-order valence-corrected chi connectivity index (χ0v) is 11.6. The van der Waals surface area contributed by atoms with Crippen molar-refractivity contribution in [3.63, 3.8) is 0 Å². The van der Waals surface area contributed by atoms with Gasteiger partial charge in [-0.05, 0) is 12.0 Å². The minimum Gasteiger partial charge on any atom is -0.478 e. The summed E-state index contributed by atoms with van der Waals surface area (Å²) in [7, 11) is -2.11. The molecule has 1 rings (SSSR count). The number of rotatable bonds is 4. The smallest absolute Gasteiger partial charge is 0.434 e. The van der Waals surface area contributed by atoms with Crippen molar-refractivity contribution in [3.8, 4) is 0 Å². The van der Waals surface area contributed by atoms with E-state index in [1.54, 1.807) is 0 Å². The van der Waals surface area contributed by atoms with E-state index in [1.165, 1.54) is 6.92 Å². The molecule has 1 heterocycles. The van der Waals surface area contributed by atoms with Gasteiger partial charge in [-0.3, -0.25) is 4.21 Å². The van der Waals surface area contributed by atoms with Crippen molar-refractivity contribution in [1.82, 2.24) is 4.98 Å². The Bertz CT molecular complexity index is 601. The van der Waals surface area contributed by atoms with E-state index >= 15 is 0 Å². The summed E-state index contributed by atoms with van der Waals surface area (Å²) in [6, 6.07) is 0. The number of carboxylic acids is 1. The van der Waals surface area contributed by atoms with Gasteiger partial charge in [0.1, 0.15) is 5.69 Å². The lowest BCUT2D eigenvalue weighted by molar-refractivity contribution is -0.142. The first-order valence-corrected chi connectivity index (χ1v) is 7.06. The number of pyridine rings is 1. The molecule has 0 aliphatic heterocycles. The van der Waals surface area contributed by atoms with Crippen molar-refractivity contribution in [3.05, 3.63) is 22.5 Å². The second kappa shape index (κ2) is 6.04. The van der Waals surface area contributed by atoms with Crippen LogP contribution >= 0.6 is 0 Å². The number of carbonyl (C=O) groups is 1. The van der Waals surface area contributed by atoms with E-state index < -0.39 is 56.8 Å². The lowest BCUT2D eigenvalue weighted by Crippen LogP contribution is -2.22. The van der Waals surface area contributed by atoms with Gasteiger partial charge in [-0.1, -0.05) is 6.92 Å². The molecular formula is C11H10F5NO3S. The highest BCUT2D eigenvalue weighted by Gasteiger charge is 2.41. The summed E-state index contributed by atoms with van der Waals surface area (Å²) >= 11 is 0. The summed E-state index contributed by atoms with van der Waals surface area (Å²) < 4.78 is 75.9. The molecule has 0 saturated carbocycles. The summed E-state index contributed by atoms with van der Waals surface area (Å²) in [5.41, 5.74) is -4.98. The number of carboxylic acid groups (broad SMARTS) is 1. The molecule has 1 unspecified atom stereocenters. The summed E-state index contributed by atoms with van der Waals surface area (Å²) in [6.07, 6.45) is -7.95. The number of nitrogens with zero attached hydrogens (tertiary/aromatic N) is 1. The maximum Gasteiger partial charge on any atom is 0.434 e. The molecule has 118 valence electrons. The van der Waals surface area contributed by atoms with E-state index in [0.717, 1.165) is 6.26 Å². The lowest BCUT2D eigenvalue weighted by Gasteiger charge is -2.18. The van der Waals surface area contributed by atoms with Crippen LogP contribution in [0.3, 0.4) is 0 Å². The Balaban J connectivity index is 3.98. The third kappa shape index (κ3) is 3.36. The third-order valence-electron chi connectivity index (χ3n) is 2.61. The summed E-state index contributed by atoms with van der Waals surface area (Å²) in [4.78, 5) is 13.2. The van der Waals surface area contributed by atoms with Crippen LogP contribution in [0.4, 0.5) is 22.0 Å². The largest absolute Gasteiger partial charge is 0.478 e. The van der Waals surface area contributed by atoms with Gasteiger partial charge in [0, 0.05) is 6.26 Å². The fraction of sp³-hybridized carbons (Fsp3) is 0.455. The van der Waals surface area contributed by atoms with Crippen LogP contribution in [-0.4, -0.2) is 26.5 Å². The predicted molar refractivity (Wildman–Crippen MR) is 62.9 cm³/mol. The first-order valence-electron chi connectivity index (χ1n) is 5.51. The van der Waals surface area contributed by atoms with Crippen LogP contribution in [0.5, 0.6) is 0 Å². The van der Waals surface area contributed by atoms with E-state index in [1.807, 2.05) is 0 Å². The molecule has 1 aromatic heterocycles. The van der Waals surface area contributed by atoms with Crippen molar-refractivity contribution >= 4 is 16.8 Å². The molecular weight excluding hydrogens is 321 g/mol. The highest BCUT2D eigenvalue weighted by atomic mass is 32.2. The van der Waals surface area contributed by atoms with Crippen LogP contribution < -0.4 is 0 Å². The van der Waals surface area contributed by atoms with Crippen LogP contribution in [0, 0.1) is 0 Å². The molecule has 4 nitrogen and oxygen atoms in total. The molecule has 1 N–H and O–H groups in total. The zero-order valence-electron chi connectivity index (χ0n) is 10.8. The van der Waals surface area contributed by atoms with Crippen LogP contribution in [-0.2, 0) is 23.4 Å². The molecule has 0 saturated heterocycles. The van der Waals surface area contributed by atoms with Gasteiger partial charge < -0.3 is 5.11 Å². The van der Waals surface area contributed by atoms with Gasteiger partial charge in [0.15, 0.2) is 5.69 Å². The first-order chi connectivity index (χ1) is 9.52. The van der Waals surface area contributed by atoms with E-state index in [2.05, 4.69) is 4.98 Å². The molecule has 0 aliphatic rings. The van der Waals surface area contributed by atoms with Gasteiger partial charge in [-0.2, -0.15) is 13.2 Å². The van der Waals surface area contributed by atoms with Crippen LogP contribution in [0.15, 0.2) is 4.90 Å². The number of hydrogen-bond donors (Lipinski definition) is 1. The molecule has 0 bridgehead atoms. The minimum absolute atomic E-state index is 0.304. The average molecular weight is 331 g/mol. The number of aromatic nitrogens is 1. The quantitative estimate of drug-likeness (QED) is 0.861. The normalized spacial score (nSPS) is 13.5. The third-order valence-corrected chi connectivity index (χ3v) is 3.64. The molecule has 21 heavy (non-hydrogen) atoms. The standard InChI is InChI=1S/C11H10F5NO3S/c1-3-4-5(10(18)19)8(11(14,15)16)17-6(9(12)13)7(4)21(2)20/h9H,3H2,1-2H3,(H,18,19). The van der Waals surface area contributed by atoms with Gasteiger partial charge in [-0.15, -0.1) is 0 Å². The average Bonchev–Trinajstić information content (AvgIpc) is 2.34. The van der Waals surface area contributed by atoms with Gasteiger partial charge in [-0.25, -0.2) is 18.6 Å². The maximum atomic E-state index is 12.9. The van der Waals surface area contributed by atoms with Crippen molar-refractivity contribution in [1.29, 1.82) is 0 Å². The molecule has 0 amide bonds. The topological polar surface area (TPSA) is 67.3 Å². The van der Waals surface area contributed by atoms with Gasteiger partial charge in [0.2, 0.25) is 0 Å². The number of halogens is 5. The van der Waals surface area contributed by atoms with Crippen molar-refractivity contribution in [2.75, 3.05) is 6.26 Å². The predicted octanol–water partition coefficient (Wildman–Crippen LogP) is 3.04. The second-order valence-electron chi connectivity index (χ2n) is 3.94. The molecule has 0 fully saturated rings. The molecule has 0 aromatic carbocycles. The highest BCUT2D eigenvalue weighted by molar-refractivity contribution is 7.84. The van der Waals surface area contributed by atoms with E-state index in [0.29, 0.717) is 0 Å². The Kier molecular flexibility index (Phi) is 5.03. The monoisotopic (exact) mass is 331 g/mol. The van der Waals surface area contributed by atoms with E-state index in [9.17, 15) is 31.0 Å². The number of alkyl halides is 5. The minimum atomic E-state index is -5.21. The van der Waals surface area contributed by atoms with Crippen LogP contribution in [0.2, 0.25) is 0 Å². The second-order valence-corrected chi connectivity index (χ2v) is 5.26. The van der Waals surface area contributed by atoms with Crippen molar-refractivity contribution < 1.29 is 36.1 Å². The van der Waals surface area contributed by atoms with Crippen LogP contribution in [0.1, 0.15) is 40.7 Å². The Morgan fingerprint density at radius 3 is 2.19 bits per heavy atom. The summed E-state index contributed by atoms with van der Waals surface area (Å²) in [5.74, 6) is -1.96. The summed E-state index contributed by atoms with van der Waals surface area (Å²) in [5, 5.41) is 8.95. The molecule has 1 aromatic rings. The van der Waals surface area contributed by atoms with Gasteiger partial charge in [0.25, 0.3) is 6.43 Å². The molecule has 0 spiro atoms. The van der Waals surface area contributed by atoms with Crippen molar-refractivity contribution in [2.45, 2.75) is 30.8 Å². The molecule has 0 radical (unpaired) electrons. The fourth-order valence-electron chi connectivity index (χ4n) is 1.88. The summed E-state index contributed by atoms with van der Waals surface area (Å²) in [6.45, 7) is 1.29. The SMILES string of the molecule is CCc1c(C(=O)O)c(C(F)(F)F)nc(C(F)F)c1S(C)=O. The Hall–Kier alpha value is -1.58. The Labute approximate surface area is 118 Å². The van der Waals surface area contributed by atoms with E-state index in [-0.39, 0.29) is 6.42 Å². The highest BCUT2D eigenvalue weighted by Crippen LogP contribution is 2.37. The maximum absolute atomic E-state index is 12.9. The molecule has 10 heteroatoms. The Morgan fingerprint density at radius 2 is 1.90 bits per heavy atom. The fourth-order valence-corrected chi connectivity index (χ4v) is 2.90. The number of hydrogen-bond acceptors (Lipinski definition) is 3. The van der Waals surface area contributed by atoms with E-state index in [4.69, 9.17) is 5.11 Å². The molecule has 1 atom stereocenters. The zero-order chi connectivity index (χ0) is 16.5. The Morgan fingerprint density at radius 1 is 1.38 bits per heavy atom. The first kappa shape index (κ1) is 17.5. The molecule has 0 aliphatic carbocycles. The van der Waals surface area contributed by atoms with Crippen molar-refractivity contribution in [2.24, 2.45) is 0 Å². The van der Waals surface area contributed by atoms with Crippen LogP contribution in [0.25, 0.3) is 0 Å². The van der Waals surface area contributed by atoms with Gasteiger partial charge >= 0.3 is 12.1 Å². The van der Waals surface area contributed by atoms with Gasteiger partial charge in [0.05, 0.1) is 21.3 Å². The number of aromatic carboxylic acids is 1. The lowest BCUT2D eigenvalue weighted by atomic mass is 10.0.